The molecule has 0 spiro atoms. The van der Waals surface area contributed by atoms with Gasteiger partial charge < -0.3 is 9.47 Å². The van der Waals surface area contributed by atoms with E-state index in [1.165, 1.54) is 24.3 Å². The lowest BCUT2D eigenvalue weighted by Gasteiger charge is -2.07. The summed E-state index contributed by atoms with van der Waals surface area (Å²) in [6.45, 7) is 0.233. The van der Waals surface area contributed by atoms with E-state index in [1.54, 1.807) is 0 Å². The molecule has 1 aromatic rings. The Kier molecular flexibility index (Phi) is 3.22. The maximum atomic E-state index is 11.6. The van der Waals surface area contributed by atoms with Crippen molar-refractivity contribution in [2.75, 3.05) is 6.61 Å². The third kappa shape index (κ3) is 2.45. The molecule has 1 heterocycles. The van der Waals surface area contributed by atoms with Gasteiger partial charge in [-0.2, -0.15) is 0 Å². The number of cyclic esters (lactones) is 1. The average molecular weight is 251 g/mol. The van der Waals surface area contributed by atoms with Crippen LogP contribution in [0.1, 0.15) is 16.8 Å². The van der Waals surface area contributed by atoms with E-state index < -0.39 is 23.0 Å². The van der Waals surface area contributed by atoms with E-state index in [2.05, 4.69) is 4.74 Å². The molecule has 1 atom stereocenters. The van der Waals surface area contributed by atoms with Gasteiger partial charge in [-0.3, -0.25) is 10.1 Å². The first-order chi connectivity index (χ1) is 8.58. The molecule has 18 heavy (non-hydrogen) atoms. The van der Waals surface area contributed by atoms with Gasteiger partial charge in [-0.15, -0.1) is 0 Å². The number of hydrogen-bond donors (Lipinski definition) is 0. The molecule has 0 bridgehead atoms. The summed E-state index contributed by atoms with van der Waals surface area (Å²) in [5, 5.41) is 10.4. The van der Waals surface area contributed by atoms with Crippen molar-refractivity contribution in [1.82, 2.24) is 0 Å². The summed E-state index contributed by atoms with van der Waals surface area (Å²) in [4.78, 5) is 32.6. The summed E-state index contributed by atoms with van der Waals surface area (Å²) in [6.07, 6.45) is -0.551. The Hall–Kier alpha value is -2.44. The number of ether oxygens (including phenoxy) is 2. The zero-order chi connectivity index (χ0) is 13.1. The Morgan fingerprint density at radius 1 is 1.39 bits per heavy atom. The molecule has 0 radical (unpaired) electrons. The van der Waals surface area contributed by atoms with Crippen LogP contribution in [0.5, 0.6) is 0 Å². The van der Waals surface area contributed by atoms with E-state index in [0.29, 0.717) is 6.42 Å². The van der Waals surface area contributed by atoms with E-state index in [9.17, 15) is 19.7 Å². The van der Waals surface area contributed by atoms with Crippen molar-refractivity contribution in [3.05, 3.63) is 39.9 Å². The minimum absolute atomic E-state index is 0.119. The lowest BCUT2D eigenvalue weighted by molar-refractivity contribution is -0.384. The normalized spacial score (nSPS) is 18.2. The van der Waals surface area contributed by atoms with Crippen LogP contribution >= 0.6 is 0 Å². The Balaban J connectivity index is 2.04. The quantitative estimate of drug-likeness (QED) is 0.453. The first-order valence-corrected chi connectivity index (χ1v) is 5.20. The maximum absolute atomic E-state index is 11.6. The fraction of sp³-hybridized carbons (Fsp3) is 0.273. The van der Waals surface area contributed by atoms with Crippen molar-refractivity contribution in [2.24, 2.45) is 0 Å². The molecule has 94 valence electrons. The predicted molar refractivity (Wildman–Crippen MR) is 57.9 cm³/mol. The first-order valence-electron chi connectivity index (χ1n) is 5.20. The van der Waals surface area contributed by atoms with Crippen LogP contribution in [0.4, 0.5) is 5.69 Å². The molecule has 0 amide bonds. The number of esters is 2. The SMILES string of the molecule is O=C(O[C@H]1CCOC1=O)c1ccc([N+](=O)[O-])cc1. The zero-order valence-electron chi connectivity index (χ0n) is 9.20. The van der Waals surface area contributed by atoms with Gasteiger partial charge in [-0.25, -0.2) is 9.59 Å². The van der Waals surface area contributed by atoms with Crippen LogP contribution in [0.25, 0.3) is 0 Å². The third-order valence-corrected chi connectivity index (χ3v) is 2.45. The molecule has 1 aliphatic rings. The largest absolute Gasteiger partial charge is 0.463 e. The van der Waals surface area contributed by atoms with Gasteiger partial charge in [0.2, 0.25) is 6.10 Å². The van der Waals surface area contributed by atoms with E-state index in [4.69, 9.17) is 4.74 Å². The van der Waals surface area contributed by atoms with Crippen molar-refractivity contribution in [3.8, 4) is 0 Å². The highest BCUT2D eigenvalue weighted by molar-refractivity contribution is 5.91. The van der Waals surface area contributed by atoms with Crippen molar-refractivity contribution in [1.29, 1.82) is 0 Å². The zero-order valence-corrected chi connectivity index (χ0v) is 9.20. The Morgan fingerprint density at radius 3 is 2.56 bits per heavy atom. The summed E-state index contributed by atoms with van der Waals surface area (Å²) in [5.74, 6) is -1.26. The van der Waals surface area contributed by atoms with Gasteiger partial charge in [0.25, 0.3) is 5.69 Å². The average Bonchev–Trinajstić information content (AvgIpc) is 2.75. The summed E-state index contributed by atoms with van der Waals surface area (Å²) < 4.78 is 9.57. The maximum Gasteiger partial charge on any atom is 0.347 e. The number of rotatable bonds is 3. The van der Waals surface area contributed by atoms with Gasteiger partial charge in [0.05, 0.1) is 17.1 Å². The third-order valence-electron chi connectivity index (χ3n) is 2.45. The highest BCUT2D eigenvalue weighted by Gasteiger charge is 2.30. The molecule has 0 aromatic heterocycles. The molecule has 0 unspecified atom stereocenters. The number of nitro groups is 1. The van der Waals surface area contributed by atoms with Gasteiger partial charge >= 0.3 is 11.9 Å². The van der Waals surface area contributed by atoms with Crippen molar-refractivity contribution >= 4 is 17.6 Å². The van der Waals surface area contributed by atoms with E-state index in [1.807, 2.05) is 0 Å². The fourth-order valence-electron chi connectivity index (χ4n) is 1.50. The van der Waals surface area contributed by atoms with Gasteiger partial charge in [0.1, 0.15) is 0 Å². The fourth-order valence-corrected chi connectivity index (χ4v) is 1.50. The molecule has 7 heteroatoms. The molecular weight excluding hydrogens is 242 g/mol. The lowest BCUT2D eigenvalue weighted by atomic mass is 10.2. The molecule has 2 rings (SSSR count). The molecule has 1 fully saturated rings. The first kappa shape index (κ1) is 12.0. The number of nitrogens with zero attached hydrogens (tertiary/aromatic N) is 1. The van der Waals surface area contributed by atoms with Crippen LogP contribution in [-0.2, 0) is 14.3 Å². The highest BCUT2D eigenvalue weighted by atomic mass is 16.6. The summed E-state index contributed by atoms with van der Waals surface area (Å²) in [7, 11) is 0. The van der Waals surface area contributed by atoms with Crippen LogP contribution in [0.2, 0.25) is 0 Å². The van der Waals surface area contributed by atoms with E-state index in [0.717, 1.165) is 0 Å². The van der Waals surface area contributed by atoms with Crippen molar-refractivity contribution < 1.29 is 24.0 Å². The molecule has 1 aliphatic heterocycles. The second kappa shape index (κ2) is 4.82. The summed E-state index contributed by atoms with van der Waals surface area (Å²) >= 11 is 0. The predicted octanol–water partition coefficient (Wildman–Crippen LogP) is 1.07. The topological polar surface area (TPSA) is 95.7 Å². The van der Waals surface area contributed by atoms with Gasteiger partial charge in [-0.05, 0) is 12.1 Å². The van der Waals surface area contributed by atoms with E-state index >= 15 is 0 Å². The monoisotopic (exact) mass is 251 g/mol. The standard InChI is InChI=1S/C11H9NO6/c13-10(18-9-5-6-17-11(9)14)7-1-3-8(4-2-7)12(15)16/h1-4,9H,5-6H2/t9-/m0/s1. The molecular formula is C11H9NO6. The van der Waals surface area contributed by atoms with Gasteiger partial charge in [0.15, 0.2) is 0 Å². The molecule has 1 saturated heterocycles. The molecule has 7 nitrogen and oxygen atoms in total. The number of nitro benzene ring substituents is 1. The highest BCUT2D eigenvalue weighted by Crippen LogP contribution is 2.16. The molecule has 0 aliphatic carbocycles. The summed E-state index contributed by atoms with van der Waals surface area (Å²) in [6, 6.07) is 4.95. The minimum Gasteiger partial charge on any atom is -0.463 e. The minimum atomic E-state index is -0.882. The van der Waals surface area contributed by atoms with Crippen LogP contribution in [-0.4, -0.2) is 29.6 Å². The lowest BCUT2D eigenvalue weighted by Crippen LogP contribution is -2.22. The molecule has 0 saturated carbocycles. The molecule has 1 aromatic carbocycles. The van der Waals surface area contributed by atoms with Crippen LogP contribution < -0.4 is 0 Å². The van der Waals surface area contributed by atoms with Crippen LogP contribution in [0.3, 0.4) is 0 Å². The summed E-state index contributed by atoms with van der Waals surface area (Å²) in [5.41, 5.74) is 0.0344. The Bertz CT molecular complexity index is 495. The van der Waals surface area contributed by atoms with Crippen molar-refractivity contribution in [3.63, 3.8) is 0 Å². The van der Waals surface area contributed by atoms with Gasteiger partial charge in [-0.1, -0.05) is 0 Å². The Labute approximate surface area is 101 Å². The smallest absolute Gasteiger partial charge is 0.347 e. The number of carbonyl (C=O) groups excluding carboxylic acids is 2. The van der Waals surface area contributed by atoms with Crippen molar-refractivity contribution in [2.45, 2.75) is 12.5 Å². The number of hydrogen-bond acceptors (Lipinski definition) is 6. The number of carbonyl (C=O) groups is 2. The van der Waals surface area contributed by atoms with Crippen LogP contribution in [0.15, 0.2) is 24.3 Å². The van der Waals surface area contributed by atoms with E-state index in [-0.39, 0.29) is 17.9 Å². The van der Waals surface area contributed by atoms with Crippen LogP contribution in [0, 0.1) is 10.1 Å². The second-order valence-electron chi connectivity index (χ2n) is 3.65. The van der Waals surface area contributed by atoms with Gasteiger partial charge in [0, 0.05) is 18.6 Å². The number of non-ortho nitro benzene ring substituents is 1. The molecule has 0 N–H and O–H groups in total. The Morgan fingerprint density at radius 2 is 2.06 bits per heavy atom. The second-order valence-corrected chi connectivity index (χ2v) is 3.65. The number of benzene rings is 1.